The summed E-state index contributed by atoms with van der Waals surface area (Å²) < 4.78 is 0. The van der Waals surface area contributed by atoms with Crippen molar-refractivity contribution in [2.24, 2.45) is 11.8 Å². The Labute approximate surface area is 116 Å². The third kappa shape index (κ3) is 2.16. The van der Waals surface area contributed by atoms with Gasteiger partial charge in [-0.3, -0.25) is 19.5 Å². The molecule has 5 heteroatoms. The summed E-state index contributed by atoms with van der Waals surface area (Å²) in [5.74, 6) is -0.498. The highest BCUT2D eigenvalue weighted by Gasteiger charge is 2.47. The van der Waals surface area contributed by atoms with Crippen molar-refractivity contribution < 1.29 is 9.59 Å². The zero-order valence-electron chi connectivity index (χ0n) is 10.3. The number of amides is 2. The highest BCUT2D eigenvalue weighted by Crippen LogP contribution is 2.35. The van der Waals surface area contributed by atoms with Gasteiger partial charge in [-0.15, -0.1) is 0 Å². The number of pyridine rings is 1. The fourth-order valence-electron chi connectivity index (χ4n) is 2.69. The predicted octanol–water partition coefficient (Wildman–Crippen LogP) is 2.19. The van der Waals surface area contributed by atoms with Crippen LogP contribution in [0.25, 0.3) is 0 Å². The van der Waals surface area contributed by atoms with Gasteiger partial charge in [-0.1, -0.05) is 23.8 Å². The molecule has 2 heterocycles. The lowest BCUT2D eigenvalue weighted by molar-refractivity contribution is -0.140. The number of nitrogens with zero attached hydrogens (tertiary/aromatic N) is 2. The van der Waals surface area contributed by atoms with Crippen LogP contribution >= 0.6 is 11.6 Å². The molecule has 1 aromatic rings. The second kappa shape index (κ2) is 4.78. The minimum absolute atomic E-state index is 0.0731. The van der Waals surface area contributed by atoms with Crippen molar-refractivity contribution in [1.82, 2.24) is 9.88 Å². The van der Waals surface area contributed by atoms with Crippen molar-refractivity contribution in [1.29, 1.82) is 0 Å². The van der Waals surface area contributed by atoms with Crippen LogP contribution in [0.5, 0.6) is 0 Å². The van der Waals surface area contributed by atoms with Gasteiger partial charge in [-0.05, 0) is 25.0 Å². The second-order valence-electron chi connectivity index (χ2n) is 4.89. The summed E-state index contributed by atoms with van der Waals surface area (Å²) in [6, 6.07) is 3.45. The highest BCUT2D eigenvalue weighted by atomic mass is 35.5. The lowest BCUT2D eigenvalue weighted by Crippen LogP contribution is -2.30. The van der Waals surface area contributed by atoms with E-state index >= 15 is 0 Å². The molecule has 2 amide bonds. The summed E-state index contributed by atoms with van der Waals surface area (Å²) in [7, 11) is 0. The fourth-order valence-corrected chi connectivity index (χ4v) is 2.80. The molecule has 0 spiro atoms. The van der Waals surface area contributed by atoms with E-state index in [1.54, 1.807) is 12.1 Å². The Hall–Kier alpha value is -1.68. The first-order valence-corrected chi connectivity index (χ1v) is 6.65. The second-order valence-corrected chi connectivity index (χ2v) is 5.32. The Morgan fingerprint density at radius 2 is 1.79 bits per heavy atom. The van der Waals surface area contributed by atoms with Crippen molar-refractivity contribution in [3.63, 3.8) is 0 Å². The van der Waals surface area contributed by atoms with E-state index in [2.05, 4.69) is 4.98 Å². The van der Waals surface area contributed by atoms with Crippen molar-refractivity contribution >= 4 is 23.4 Å². The topological polar surface area (TPSA) is 50.3 Å². The van der Waals surface area contributed by atoms with E-state index in [9.17, 15) is 9.59 Å². The maximum Gasteiger partial charge on any atom is 0.233 e. The smallest absolute Gasteiger partial charge is 0.233 e. The molecular formula is C14H13ClN2O2. The number of rotatable bonds is 2. The molecule has 1 saturated heterocycles. The standard InChI is InChI=1S/C14H13ClN2O2/c15-9-5-6-10(16-7-9)8-17-13(18)11-3-1-2-4-12(11)14(17)19/h1-2,5-7,11-12H,3-4,8H2/t11-,12-/m1/s1. The Bertz CT molecular complexity index is 527. The largest absolute Gasteiger partial charge is 0.276 e. The number of likely N-dealkylation sites (tertiary alicyclic amines) is 1. The number of fused-ring (bicyclic) bond motifs is 1. The van der Waals surface area contributed by atoms with E-state index in [0.717, 1.165) is 0 Å². The van der Waals surface area contributed by atoms with Crippen molar-refractivity contribution in [2.45, 2.75) is 19.4 Å². The summed E-state index contributed by atoms with van der Waals surface area (Å²) in [6.45, 7) is 0.238. The Morgan fingerprint density at radius 1 is 1.16 bits per heavy atom. The van der Waals surface area contributed by atoms with Crippen LogP contribution in [0, 0.1) is 11.8 Å². The van der Waals surface area contributed by atoms with Crippen LogP contribution < -0.4 is 0 Å². The van der Waals surface area contributed by atoms with E-state index in [4.69, 9.17) is 11.6 Å². The molecule has 0 N–H and O–H groups in total. The van der Waals surface area contributed by atoms with Crippen molar-refractivity contribution in [3.05, 3.63) is 41.2 Å². The predicted molar refractivity (Wildman–Crippen MR) is 70.2 cm³/mol. The molecule has 1 aliphatic carbocycles. The molecule has 0 saturated carbocycles. The molecule has 0 unspecified atom stereocenters. The van der Waals surface area contributed by atoms with Gasteiger partial charge in [-0.2, -0.15) is 0 Å². The number of imide groups is 1. The van der Waals surface area contributed by atoms with Gasteiger partial charge in [0, 0.05) is 6.20 Å². The van der Waals surface area contributed by atoms with Crippen LogP contribution in [0.2, 0.25) is 5.02 Å². The highest BCUT2D eigenvalue weighted by molar-refractivity contribution is 6.30. The quantitative estimate of drug-likeness (QED) is 0.614. The minimum Gasteiger partial charge on any atom is -0.276 e. The van der Waals surface area contributed by atoms with Crippen LogP contribution in [0.4, 0.5) is 0 Å². The molecule has 2 atom stereocenters. The molecule has 4 nitrogen and oxygen atoms in total. The van der Waals surface area contributed by atoms with Gasteiger partial charge in [0.15, 0.2) is 0 Å². The number of carbonyl (C=O) groups excluding carboxylic acids is 2. The molecule has 1 aliphatic heterocycles. The lowest BCUT2D eigenvalue weighted by atomic mass is 9.85. The molecule has 0 aromatic carbocycles. The van der Waals surface area contributed by atoms with Crippen LogP contribution in [0.15, 0.2) is 30.5 Å². The van der Waals surface area contributed by atoms with Gasteiger partial charge in [0.1, 0.15) is 0 Å². The van der Waals surface area contributed by atoms with Crippen LogP contribution in [0.1, 0.15) is 18.5 Å². The minimum atomic E-state index is -0.176. The molecule has 1 aromatic heterocycles. The van der Waals surface area contributed by atoms with Gasteiger partial charge in [0.2, 0.25) is 11.8 Å². The maximum absolute atomic E-state index is 12.2. The van der Waals surface area contributed by atoms with Crippen LogP contribution in [0.3, 0.4) is 0 Å². The Morgan fingerprint density at radius 3 is 2.32 bits per heavy atom. The summed E-state index contributed by atoms with van der Waals surface area (Å²) >= 11 is 5.77. The van der Waals surface area contributed by atoms with E-state index in [-0.39, 0.29) is 30.2 Å². The normalized spacial score (nSPS) is 25.8. The molecule has 0 bridgehead atoms. The van der Waals surface area contributed by atoms with Crippen LogP contribution in [-0.2, 0) is 16.1 Å². The van der Waals surface area contributed by atoms with E-state index in [1.165, 1.54) is 11.1 Å². The van der Waals surface area contributed by atoms with Gasteiger partial charge in [-0.25, -0.2) is 0 Å². The zero-order chi connectivity index (χ0) is 13.4. The Kier molecular flexibility index (Phi) is 3.11. The first-order valence-electron chi connectivity index (χ1n) is 6.27. The van der Waals surface area contributed by atoms with Crippen molar-refractivity contribution in [3.8, 4) is 0 Å². The molecule has 98 valence electrons. The van der Waals surface area contributed by atoms with Gasteiger partial charge < -0.3 is 0 Å². The first-order chi connectivity index (χ1) is 9.16. The van der Waals surface area contributed by atoms with E-state index in [0.29, 0.717) is 23.6 Å². The third-order valence-electron chi connectivity index (χ3n) is 3.71. The molecule has 3 rings (SSSR count). The van der Waals surface area contributed by atoms with Gasteiger partial charge >= 0.3 is 0 Å². The number of aromatic nitrogens is 1. The summed E-state index contributed by atoms with van der Waals surface area (Å²) in [5, 5.41) is 0.542. The number of allylic oxidation sites excluding steroid dienone is 2. The zero-order valence-corrected chi connectivity index (χ0v) is 11.0. The number of carbonyl (C=O) groups is 2. The molecule has 19 heavy (non-hydrogen) atoms. The molecule has 0 radical (unpaired) electrons. The molecule has 2 aliphatic rings. The monoisotopic (exact) mass is 276 g/mol. The van der Waals surface area contributed by atoms with Gasteiger partial charge in [0.25, 0.3) is 0 Å². The number of hydrogen-bond acceptors (Lipinski definition) is 3. The summed E-state index contributed by atoms with van der Waals surface area (Å²) in [6.07, 6.45) is 6.82. The first kappa shape index (κ1) is 12.4. The maximum atomic E-state index is 12.2. The van der Waals surface area contributed by atoms with Crippen molar-refractivity contribution in [2.75, 3.05) is 0 Å². The summed E-state index contributed by atoms with van der Waals surface area (Å²) in [5.41, 5.74) is 0.678. The van der Waals surface area contributed by atoms with E-state index in [1.807, 2.05) is 12.2 Å². The van der Waals surface area contributed by atoms with Crippen LogP contribution in [-0.4, -0.2) is 21.7 Å². The van der Waals surface area contributed by atoms with E-state index < -0.39 is 0 Å². The number of hydrogen-bond donors (Lipinski definition) is 0. The number of halogens is 1. The SMILES string of the molecule is O=C1[C@@H]2CC=CC[C@H]2C(=O)N1Cc1ccc(Cl)cn1. The fraction of sp³-hybridized carbons (Fsp3) is 0.357. The lowest BCUT2D eigenvalue weighted by Gasteiger charge is -2.14. The Balaban J connectivity index is 1.80. The van der Waals surface area contributed by atoms with Gasteiger partial charge in [0.05, 0.1) is 29.1 Å². The third-order valence-corrected chi connectivity index (χ3v) is 3.93. The average molecular weight is 277 g/mol. The molecule has 1 fully saturated rings. The average Bonchev–Trinajstić information content (AvgIpc) is 2.67. The molecular weight excluding hydrogens is 264 g/mol. The summed E-state index contributed by atoms with van der Waals surface area (Å²) in [4.78, 5) is 29.9.